The normalized spacial score (nSPS) is 22.3. The predicted molar refractivity (Wildman–Crippen MR) is 238 cm³/mol. The van der Waals surface area contributed by atoms with Crippen molar-refractivity contribution in [1.29, 1.82) is 0 Å². The van der Waals surface area contributed by atoms with Gasteiger partial charge in [0.05, 0.1) is 13.0 Å². The van der Waals surface area contributed by atoms with Gasteiger partial charge in [0.2, 0.25) is 47.3 Å². The van der Waals surface area contributed by atoms with Crippen molar-refractivity contribution in [2.24, 2.45) is 5.73 Å². The van der Waals surface area contributed by atoms with Crippen LogP contribution in [0, 0.1) is 0 Å². The number of aromatic nitrogens is 1. The molecule has 63 heavy (non-hydrogen) atoms. The molecule has 2 heterocycles. The van der Waals surface area contributed by atoms with Crippen LogP contribution in [0.3, 0.4) is 0 Å². The lowest BCUT2D eigenvalue weighted by molar-refractivity contribution is -0.141. The highest BCUT2D eigenvalue weighted by atomic mass is 33.1. The first kappa shape index (κ1) is 49.6. The van der Waals surface area contributed by atoms with Gasteiger partial charge in [-0.15, -0.1) is 0 Å². The number of H-pyrrole nitrogens is 1. The Morgan fingerprint density at radius 1 is 0.778 bits per heavy atom. The third-order valence-electron chi connectivity index (χ3n) is 10.00. The van der Waals surface area contributed by atoms with E-state index < -0.39 is 95.2 Å². The van der Waals surface area contributed by atoms with Gasteiger partial charge in [-0.1, -0.05) is 70.1 Å². The zero-order valence-corrected chi connectivity index (χ0v) is 36.9. The van der Waals surface area contributed by atoms with Crippen LogP contribution in [0.25, 0.3) is 10.9 Å². The van der Waals surface area contributed by atoms with Crippen LogP contribution in [0.15, 0.2) is 60.8 Å². The fourth-order valence-corrected chi connectivity index (χ4v) is 9.36. The van der Waals surface area contributed by atoms with Gasteiger partial charge in [0.25, 0.3) is 0 Å². The summed E-state index contributed by atoms with van der Waals surface area (Å²) < 4.78 is -1.06. The zero-order valence-electron chi connectivity index (χ0n) is 35.2. The molecule has 0 bridgehead atoms. The van der Waals surface area contributed by atoms with Crippen molar-refractivity contribution < 1.29 is 48.3 Å². The minimum absolute atomic E-state index is 0.0468. The van der Waals surface area contributed by atoms with Crippen molar-refractivity contribution in [3.8, 4) is 0 Å². The topological polar surface area (TPSA) is 300 Å². The smallest absolute Gasteiger partial charge is 0.305 e. The highest BCUT2D eigenvalue weighted by Gasteiger charge is 2.39. The van der Waals surface area contributed by atoms with Crippen LogP contribution in [0.4, 0.5) is 0 Å². The van der Waals surface area contributed by atoms with E-state index in [4.69, 9.17) is 5.73 Å². The molecule has 4 rings (SSSR count). The summed E-state index contributed by atoms with van der Waals surface area (Å²) in [5.74, 6) is -7.13. The minimum Gasteiger partial charge on any atom is -0.481 e. The van der Waals surface area contributed by atoms with E-state index in [0.29, 0.717) is 30.5 Å². The van der Waals surface area contributed by atoms with Crippen LogP contribution in [0.5, 0.6) is 0 Å². The largest absolute Gasteiger partial charge is 0.481 e. The second-order valence-corrected chi connectivity index (χ2v) is 18.6. The van der Waals surface area contributed by atoms with Gasteiger partial charge in [0, 0.05) is 60.3 Å². The van der Waals surface area contributed by atoms with Crippen molar-refractivity contribution in [1.82, 2.24) is 42.2 Å². The highest BCUT2D eigenvalue weighted by Crippen LogP contribution is 2.38. The number of fused-ring (bicyclic) bond motifs is 1. The van der Waals surface area contributed by atoms with Gasteiger partial charge in [0.1, 0.15) is 30.2 Å². The first-order valence-corrected chi connectivity index (χ1v) is 22.7. The summed E-state index contributed by atoms with van der Waals surface area (Å²) in [6, 6.07) is 9.09. The number of nitrogens with one attached hydrogen (secondary N) is 8. The standard InChI is InChI=1S/C42H55N9O10S2/c1-24(52)44-17-10-9-15-29-38(58)46-23-34(54)48-32(21-35(55)56)40(60)50-31(20-26-22-45-28-14-8-7-13-27(26)28)39(59)49-30(19-25-11-5-4-6-12-25)41(61)51-36(37(43)57)42(2,3)63-62-18-16-33(53)47-29/h4-8,11-14,22,29-32,36,45H,9-10,15-21,23H2,1-3H3,(H2,43,57)(H,44,52)(H,46,58)(H,47,53)(H,48,54)(H,49,59)(H,50,60)(H,51,61)(H,55,56)/t29-,30-,31-,32-,36+/m0/s1. The van der Waals surface area contributed by atoms with E-state index in [1.54, 1.807) is 68.6 Å². The molecule has 19 nitrogen and oxygen atoms in total. The molecule has 0 spiro atoms. The maximum Gasteiger partial charge on any atom is 0.305 e. The van der Waals surface area contributed by atoms with Crippen LogP contribution < -0.4 is 43.0 Å². The highest BCUT2D eigenvalue weighted by molar-refractivity contribution is 8.77. The molecule has 5 atom stereocenters. The van der Waals surface area contributed by atoms with E-state index in [1.165, 1.54) is 28.5 Å². The fourth-order valence-electron chi connectivity index (χ4n) is 6.73. The Kier molecular flexibility index (Phi) is 18.8. The molecular formula is C42H55N9O10S2. The molecule has 0 radical (unpaired) electrons. The zero-order chi connectivity index (χ0) is 46.1. The molecular weight excluding hydrogens is 855 g/mol. The number of aromatic amines is 1. The Hall–Kier alpha value is -6.09. The van der Waals surface area contributed by atoms with Gasteiger partial charge in [-0.3, -0.25) is 43.2 Å². The molecule has 8 amide bonds. The molecule has 1 aromatic heterocycles. The molecule has 0 aliphatic carbocycles. The third-order valence-corrected chi connectivity index (χ3v) is 13.3. The summed E-state index contributed by atoms with van der Waals surface area (Å²) in [7, 11) is 2.43. The van der Waals surface area contributed by atoms with E-state index in [-0.39, 0.29) is 37.3 Å². The molecule has 11 N–H and O–H groups in total. The van der Waals surface area contributed by atoms with E-state index in [9.17, 15) is 48.3 Å². The fraction of sp³-hybridized carbons (Fsp3) is 0.452. The Morgan fingerprint density at radius 2 is 1.41 bits per heavy atom. The summed E-state index contributed by atoms with van der Waals surface area (Å²) in [5.41, 5.74) is 7.83. The van der Waals surface area contributed by atoms with Crippen LogP contribution in [0.1, 0.15) is 64.0 Å². The number of primary amides is 1. The first-order chi connectivity index (χ1) is 29.9. The van der Waals surface area contributed by atoms with Gasteiger partial charge in [-0.05, 0) is 50.3 Å². The van der Waals surface area contributed by atoms with Gasteiger partial charge >= 0.3 is 5.97 Å². The molecule has 2 aromatic carbocycles. The maximum absolute atomic E-state index is 14.4. The predicted octanol–water partition coefficient (Wildman–Crippen LogP) is 0.323. The van der Waals surface area contributed by atoms with Crippen molar-refractivity contribution in [2.75, 3.05) is 18.8 Å². The van der Waals surface area contributed by atoms with Gasteiger partial charge in [-0.25, -0.2) is 0 Å². The average molecular weight is 910 g/mol. The van der Waals surface area contributed by atoms with Crippen molar-refractivity contribution in [2.45, 2.75) is 101 Å². The molecule has 1 saturated heterocycles. The number of rotatable bonds is 12. The van der Waals surface area contributed by atoms with E-state index in [0.717, 1.165) is 10.9 Å². The number of hydrogen-bond donors (Lipinski definition) is 10. The molecule has 21 heteroatoms. The SMILES string of the molecule is CC(=O)NCCCC[C@@H]1NC(=O)CCSSC(C)(C)[C@@H](C(N)=O)NC(=O)[C@H](Cc2ccccc2)NC(=O)[C@H](Cc2c[nH]c3ccccc23)NC(=O)[C@H](CC(=O)O)NC(=O)CNC1=O. The number of carboxylic acid groups (broad SMARTS) is 1. The maximum atomic E-state index is 14.4. The lowest BCUT2D eigenvalue weighted by atomic mass is 9.99. The Labute approximate surface area is 372 Å². The van der Waals surface area contributed by atoms with Crippen LogP contribution >= 0.6 is 21.6 Å². The van der Waals surface area contributed by atoms with Crippen molar-refractivity contribution >= 4 is 85.7 Å². The number of nitrogens with two attached hydrogens (primary N) is 1. The van der Waals surface area contributed by atoms with Crippen molar-refractivity contribution in [3.05, 3.63) is 71.9 Å². The molecule has 1 aliphatic heterocycles. The number of hydrogen-bond acceptors (Lipinski definition) is 11. The minimum atomic E-state index is -1.73. The van der Waals surface area contributed by atoms with E-state index >= 15 is 0 Å². The Balaban J connectivity index is 1.70. The monoisotopic (exact) mass is 909 g/mol. The number of carbonyl (C=O) groups is 9. The Morgan fingerprint density at radius 3 is 2.10 bits per heavy atom. The number of benzene rings is 2. The molecule has 1 fully saturated rings. The lowest BCUT2D eigenvalue weighted by Crippen LogP contribution is -2.61. The summed E-state index contributed by atoms with van der Waals surface area (Å²) in [4.78, 5) is 122. The van der Waals surface area contributed by atoms with Crippen LogP contribution in [-0.2, 0) is 56.0 Å². The van der Waals surface area contributed by atoms with Gasteiger partial charge < -0.3 is 53.0 Å². The third kappa shape index (κ3) is 16.0. The van der Waals surface area contributed by atoms with E-state index in [2.05, 4.69) is 42.2 Å². The van der Waals surface area contributed by atoms with Gasteiger partial charge in [-0.2, -0.15) is 0 Å². The number of amides is 8. The number of carboxylic acids is 1. The molecule has 0 saturated carbocycles. The summed E-state index contributed by atoms with van der Waals surface area (Å²) in [5, 5.41) is 28.6. The van der Waals surface area contributed by atoms with Crippen LogP contribution in [-0.4, -0.2) is 117 Å². The van der Waals surface area contributed by atoms with Crippen LogP contribution in [0.2, 0.25) is 0 Å². The van der Waals surface area contributed by atoms with Crippen molar-refractivity contribution in [3.63, 3.8) is 0 Å². The quantitative estimate of drug-likeness (QED) is 0.0869. The number of unbranched alkanes of at least 4 members (excludes halogenated alkanes) is 1. The van der Waals surface area contributed by atoms with E-state index in [1.807, 2.05) is 6.07 Å². The summed E-state index contributed by atoms with van der Waals surface area (Å²) >= 11 is 0. The molecule has 3 aromatic rings. The van der Waals surface area contributed by atoms with Gasteiger partial charge in [0.15, 0.2) is 0 Å². The second-order valence-electron chi connectivity index (χ2n) is 15.5. The second kappa shape index (κ2) is 23.9. The average Bonchev–Trinajstić information content (AvgIpc) is 3.64. The number of aliphatic carboxylic acids is 1. The summed E-state index contributed by atoms with van der Waals surface area (Å²) in [6.45, 7) is 4.38. The number of para-hydroxylation sites is 1. The first-order valence-electron chi connectivity index (χ1n) is 20.4. The number of carbonyl (C=O) groups excluding carboxylic acids is 8. The molecule has 340 valence electrons. The molecule has 1 aliphatic rings. The Bertz CT molecular complexity index is 2130. The summed E-state index contributed by atoms with van der Waals surface area (Å²) in [6.07, 6.45) is 1.52. The molecule has 0 unspecified atom stereocenters. The lowest BCUT2D eigenvalue weighted by Gasteiger charge is -2.33.